The molecular formula is C26H35N3O. The fourth-order valence-corrected chi connectivity index (χ4v) is 4.87. The Morgan fingerprint density at radius 3 is 2.37 bits per heavy atom. The van der Waals surface area contributed by atoms with Crippen LogP contribution in [0, 0.1) is 5.92 Å². The zero-order valence-electron chi connectivity index (χ0n) is 18.3. The molecule has 2 aromatic carbocycles. The highest BCUT2D eigenvalue weighted by Crippen LogP contribution is 2.26. The van der Waals surface area contributed by atoms with Crippen LogP contribution in [0.5, 0.6) is 0 Å². The molecule has 4 nitrogen and oxygen atoms in total. The van der Waals surface area contributed by atoms with E-state index in [9.17, 15) is 4.79 Å². The quantitative estimate of drug-likeness (QED) is 0.643. The Kier molecular flexibility index (Phi) is 7.06. The molecule has 0 N–H and O–H groups in total. The SMILES string of the molecule is CN(c1ccccc1)c1ccc(CN2CCC[C@@H](CCC(=O)N3CCCC3)C2)cc1. The van der Waals surface area contributed by atoms with Crippen molar-refractivity contribution in [2.45, 2.75) is 45.1 Å². The summed E-state index contributed by atoms with van der Waals surface area (Å²) in [4.78, 5) is 19.2. The van der Waals surface area contributed by atoms with Crippen LogP contribution in [0.3, 0.4) is 0 Å². The van der Waals surface area contributed by atoms with Crippen LogP contribution in [0.25, 0.3) is 0 Å². The Bertz CT molecular complexity index is 799. The zero-order valence-corrected chi connectivity index (χ0v) is 18.3. The van der Waals surface area contributed by atoms with Crippen molar-refractivity contribution < 1.29 is 4.79 Å². The molecule has 2 fully saturated rings. The van der Waals surface area contributed by atoms with Gasteiger partial charge in [0.25, 0.3) is 0 Å². The van der Waals surface area contributed by atoms with Crippen LogP contribution in [-0.2, 0) is 11.3 Å². The molecule has 2 saturated heterocycles. The second-order valence-electron chi connectivity index (χ2n) is 8.93. The smallest absolute Gasteiger partial charge is 0.222 e. The second kappa shape index (κ2) is 10.1. The van der Waals surface area contributed by atoms with Gasteiger partial charge in [0.2, 0.25) is 5.91 Å². The van der Waals surface area contributed by atoms with E-state index in [4.69, 9.17) is 0 Å². The number of carbonyl (C=O) groups excluding carboxylic acids is 1. The highest BCUT2D eigenvalue weighted by Gasteiger charge is 2.23. The molecule has 0 unspecified atom stereocenters. The first kappa shape index (κ1) is 20.9. The van der Waals surface area contributed by atoms with Crippen LogP contribution in [0.1, 0.15) is 44.1 Å². The average molecular weight is 406 g/mol. The summed E-state index contributed by atoms with van der Waals surface area (Å²) < 4.78 is 0. The van der Waals surface area contributed by atoms with Gasteiger partial charge in [0.1, 0.15) is 0 Å². The number of hydrogen-bond donors (Lipinski definition) is 0. The largest absolute Gasteiger partial charge is 0.345 e. The first-order valence-electron chi connectivity index (χ1n) is 11.6. The highest BCUT2D eigenvalue weighted by atomic mass is 16.2. The van der Waals surface area contributed by atoms with Gasteiger partial charge < -0.3 is 9.80 Å². The number of amides is 1. The lowest BCUT2D eigenvalue weighted by atomic mass is 9.93. The molecule has 4 rings (SSSR count). The van der Waals surface area contributed by atoms with Crippen molar-refractivity contribution >= 4 is 17.3 Å². The van der Waals surface area contributed by atoms with E-state index < -0.39 is 0 Å². The van der Waals surface area contributed by atoms with Gasteiger partial charge >= 0.3 is 0 Å². The van der Waals surface area contributed by atoms with Gasteiger partial charge in [0.05, 0.1) is 0 Å². The molecule has 2 heterocycles. The van der Waals surface area contributed by atoms with Crippen molar-refractivity contribution in [1.29, 1.82) is 0 Å². The molecule has 2 aliphatic rings. The van der Waals surface area contributed by atoms with Crippen LogP contribution in [0.4, 0.5) is 11.4 Å². The van der Waals surface area contributed by atoms with Crippen molar-refractivity contribution in [2.24, 2.45) is 5.92 Å². The molecule has 0 bridgehead atoms. The van der Waals surface area contributed by atoms with Crippen LogP contribution < -0.4 is 4.90 Å². The van der Waals surface area contributed by atoms with E-state index in [0.29, 0.717) is 11.8 Å². The molecular weight excluding hydrogens is 370 g/mol. The number of nitrogens with zero attached hydrogens (tertiary/aromatic N) is 3. The maximum atomic E-state index is 12.4. The van der Waals surface area contributed by atoms with Gasteiger partial charge in [-0.1, -0.05) is 30.3 Å². The molecule has 0 aliphatic carbocycles. The molecule has 0 aromatic heterocycles. The van der Waals surface area contributed by atoms with Crippen LogP contribution in [0.2, 0.25) is 0 Å². The Balaban J connectivity index is 1.27. The van der Waals surface area contributed by atoms with E-state index in [-0.39, 0.29) is 0 Å². The van der Waals surface area contributed by atoms with Gasteiger partial charge in [0.15, 0.2) is 0 Å². The zero-order chi connectivity index (χ0) is 20.8. The molecule has 2 aliphatic heterocycles. The van der Waals surface area contributed by atoms with Crippen LogP contribution >= 0.6 is 0 Å². The number of para-hydroxylation sites is 1. The second-order valence-corrected chi connectivity index (χ2v) is 8.93. The number of anilines is 2. The fraction of sp³-hybridized carbons (Fsp3) is 0.500. The van der Waals surface area contributed by atoms with E-state index in [1.165, 1.54) is 49.2 Å². The molecule has 0 saturated carbocycles. The van der Waals surface area contributed by atoms with Gasteiger partial charge in [0, 0.05) is 51.0 Å². The molecule has 0 radical (unpaired) electrons. The Morgan fingerprint density at radius 1 is 0.933 bits per heavy atom. The molecule has 160 valence electrons. The van der Waals surface area contributed by atoms with Crippen molar-refractivity contribution in [2.75, 3.05) is 38.1 Å². The van der Waals surface area contributed by atoms with Gasteiger partial charge in [-0.2, -0.15) is 0 Å². The van der Waals surface area contributed by atoms with Gasteiger partial charge in [-0.15, -0.1) is 0 Å². The van der Waals surface area contributed by atoms with Crippen molar-refractivity contribution in [1.82, 2.24) is 9.80 Å². The molecule has 4 heteroatoms. The summed E-state index contributed by atoms with van der Waals surface area (Å²) in [5, 5.41) is 0. The molecule has 1 atom stereocenters. The summed E-state index contributed by atoms with van der Waals surface area (Å²) in [6.07, 6.45) is 6.67. The lowest BCUT2D eigenvalue weighted by molar-refractivity contribution is -0.130. The molecule has 2 aromatic rings. The first-order chi connectivity index (χ1) is 14.7. The Morgan fingerprint density at radius 2 is 1.63 bits per heavy atom. The lowest BCUT2D eigenvalue weighted by Gasteiger charge is -2.33. The standard InChI is InChI=1S/C26H35N3O/c1-27(24-9-3-2-4-10-24)25-14-11-23(12-15-25)21-28-17-7-8-22(20-28)13-16-26(30)29-18-5-6-19-29/h2-4,9-12,14-15,22H,5-8,13,16-21H2,1H3/t22-/m0/s1. The normalized spacial score (nSPS) is 19.8. The third-order valence-corrected chi connectivity index (χ3v) is 6.70. The topological polar surface area (TPSA) is 26.8 Å². The van der Waals surface area contributed by atoms with Crippen molar-refractivity contribution in [3.8, 4) is 0 Å². The summed E-state index contributed by atoms with van der Waals surface area (Å²) in [5.41, 5.74) is 3.78. The van der Waals surface area contributed by atoms with Gasteiger partial charge in [-0.05, 0) is 74.4 Å². The number of carbonyl (C=O) groups is 1. The number of piperidine rings is 1. The maximum absolute atomic E-state index is 12.4. The van der Waals surface area contributed by atoms with Crippen LogP contribution in [-0.4, -0.2) is 48.9 Å². The predicted octanol–water partition coefficient (Wildman–Crippen LogP) is 5.07. The molecule has 1 amide bonds. The molecule has 0 spiro atoms. The predicted molar refractivity (Wildman–Crippen MR) is 124 cm³/mol. The summed E-state index contributed by atoms with van der Waals surface area (Å²) in [6, 6.07) is 19.4. The minimum absolute atomic E-state index is 0.378. The van der Waals surface area contributed by atoms with E-state index in [2.05, 4.69) is 76.3 Å². The lowest BCUT2D eigenvalue weighted by Crippen LogP contribution is -2.36. The Hall–Kier alpha value is -2.33. The number of benzene rings is 2. The fourth-order valence-electron chi connectivity index (χ4n) is 4.87. The monoisotopic (exact) mass is 405 g/mol. The number of hydrogen-bond acceptors (Lipinski definition) is 3. The van der Waals surface area contributed by atoms with Crippen molar-refractivity contribution in [3.05, 3.63) is 60.2 Å². The first-order valence-corrected chi connectivity index (χ1v) is 11.6. The summed E-state index contributed by atoms with van der Waals surface area (Å²) in [7, 11) is 2.11. The van der Waals surface area contributed by atoms with Crippen LogP contribution in [0.15, 0.2) is 54.6 Å². The average Bonchev–Trinajstić information content (AvgIpc) is 3.34. The minimum atomic E-state index is 0.378. The minimum Gasteiger partial charge on any atom is -0.345 e. The maximum Gasteiger partial charge on any atom is 0.222 e. The number of likely N-dealkylation sites (tertiary alicyclic amines) is 2. The summed E-state index contributed by atoms with van der Waals surface area (Å²) in [5.74, 6) is 1.04. The van der Waals surface area contributed by atoms with Crippen molar-refractivity contribution in [3.63, 3.8) is 0 Å². The number of rotatable bonds is 7. The van der Waals surface area contributed by atoms with Gasteiger partial charge in [-0.25, -0.2) is 0 Å². The highest BCUT2D eigenvalue weighted by molar-refractivity contribution is 5.76. The van der Waals surface area contributed by atoms with E-state index in [0.717, 1.165) is 39.0 Å². The molecule has 30 heavy (non-hydrogen) atoms. The summed E-state index contributed by atoms with van der Waals surface area (Å²) >= 11 is 0. The van der Waals surface area contributed by atoms with E-state index >= 15 is 0 Å². The van der Waals surface area contributed by atoms with E-state index in [1.807, 2.05) is 0 Å². The third-order valence-electron chi connectivity index (χ3n) is 6.70. The Labute approximate surface area is 181 Å². The summed E-state index contributed by atoms with van der Waals surface area (Å²) in [6.45, 7) is 5.25. The third kappa shape index (κ3) is 5.42. The van der Waals surface area contributed by atoms with Gasteiger partial charge in [-0.3, -0.25) is 9.69 Å². The van der Waals surface area contributed by atoms with E-state index in [1.54, 1.807) is 0 Å².